The van der Waals surface area contributed by atoms with Crippen LogP contribution in [0.25, 0.3) is 0 Å². The Bertz CT molecular complexity index is 1050. The van der Waals surface area contributed by atoms with Crippen molar-refractivity contribution in [1.29, 1.82) is 0 Å². The molecule has 2 aromatic carbocycles. The van der Waals surface area contributed by atoms with Crippen molar-refractivity contribution in [3.63, 3.8) is 0 Å². The van der Waals surface area contributed by atoms with Gasteiger partial charge < -0.3 is 5.11 Å². The minimum Gasteiger partial charge on any atom is -0.383 e. The summed E-state index contributed by atoms with van der Waals surface area (Å²) in [5.41, 5.74) is 0.584. The van der Waals surface area contributed by atoms with Gasteiger partial charge in [-0.05, 0) is 48.3 Å². The van der Waals surface area contributed by atoms with E-state index in [0.29, 0.717) is 17.2 Å². The first-order valence-electron chi connectivity index (χ1n) is 11.0. The Labute approximate surface area is 182 Å². The molecule has 2 amide bonds. The Balaban J connectivity index is 1.58. The first kappa shape index (κ1) is 20.0. The number of para-hydroxylation sites is 1. The van der Waals surface area contributed by atoms with E-state index in [1.807, 2.05) is 48.5 Å². The van der Waals surface area contributed by atoms with Crippen molar-refractivity contribution in [2.24, 2.45) is 16.7 Å². The van der Waals surface area contributed by atoms with Crippen LogP contribution < -0.4 is 5.01 Å². The van der Waals surface area contributed by atoms with Crippen LogP contribution in [0.2, 0.25) is 0 Å². The molecular weight excluding hydrogens is 388 g/mol. The van der Waals surface area contributed by atoms with Gasteiger partial charge in [-0.25, -0.2) is 10.0 Å². The van der Waals surface area contributed by atoms with E-state index in [2.05, 4.69) is 20.4 Å². The van der Waals surface area contributed by atoms with Gasteiger partial charge in [-0.1, -0.05) is 69.0 Å². The molecule has 3 aliphatic rings. The summed E-state index contributed by atoms with van der Waals surface area (Å²) in [6.07, 6.45) is 1.47. The first-order chi connectivity index (χ1) is 14.8. The van der Waals surface area contributed by atoms with Crippen molar-refractivity contribution in [2.75, 3.05) is 5.01 Å². The maximum absolute atomic E-state index is 14.0. The number of hydrazine groups is 1. The molecule has 2 aliphatic carbocycles. The van der Waals surface area contributed by atoms with Gasteiger partial charge in [0.2, 0.25) is 0 Å². The number of aliphatic hydroxyl groups excluding tert-OH is 1. The van der Waals surface area contributed by atoms with Crippen molar-refractivity contribution in [3.05, 3.63) is 78.4 Å². The topological polar surface area (TPSA) is 60.9 Å². The van der Waals surface area contributed by atoms with Crippen molar-refractivity contribution in [1.82, 2.24) is 5.01 Å². The third-order valence-corrected chi connectivity index (χ3v) is 8.15. The molecule has 0 aromatic heterocycles. The van der Waals surface area contributed by atoms with E-state index in [-0.39, 0.29) is 22.9 Å². The maximum Gasteiger partial charge on any atom is 0.271 e. The molecule has 2 bridgehead atoms. The normalized spacial score (nSPS) is 29.2. The molecule has 1 saturated heterocycles. The van der Waals surface area contributed by atoms with E-state index in [1.54, 1.807) is 22.2 Å². The molecule has 1 aliphatic heterocycles. The van der Waals surface area contributed by atoms with E-state index in [4.69, 9.17) is 0 Å². The van der Waals surface area contributed by atoms with Gasteiger partial charge in [0.25, 0.3) is 11.8 Å². The largest absolute Gasteiger partial charge is 0.383 e. The fourth-order valence-corrected chi connectivity index (χ4v) is 6.33. The highest BCUT2D eigenvalue weighted by Gasteiger charge is 2.75. The second-order valence-corrected chi connectivity index (χ2v) is 9.62. The number of benzene rings is 2. The molecule has 5 nitrogen and oxygen atoms in total. The van der Waals surface area contributed by atoms with Crippen LogP contribution in [-0.4, -0.2) is 28.0 Å². The molecule has 2 saturated carbocycles. The number of rotatable bonds is 4. The molecular formula is C26H28N2O3. The van der Waals surface area contributed by atoms with Gasteiger partial charge >= 0.3 is 0 Å². The fraction of sp³-hybridized carbons (Fsp3) is 0.385. The Morgan fingerprint density at radius 1 is 1.10 bits per heavy atom. The van der Waals surface area contributed by atoms with Gasteiger partial charge in [0, 0.05) is 5.57 Å². The lowest BCUT2D eigenvalue weighted by molar-refractivity contribution is -0.132. The van der Waals surface area contributed by atoms with Crippen LogP contribution in [-0.2, 0) is 9.59 Å². The predicted octanol–water partition coefficient (Wildman–Crippen LogP) is 4.26. The Kier molecular flexibility index (Phi) is 4.38. The molecule has 1 N–H and O–H groups in total. The quantitative estimate of drug-likeness (QED) is 0.758. The SMILES string of the molecule is C=C(C(=O)N1C2CC3CCC2(C(=O)N1c1ccccc1)C3(C)C)[C@H](O)c1ccccc1. The lowest BCUT2D eigenvalue weighted by Gasteiger charge is -2.35. The summed E-state index contributed by atoms with van der Waals surface area (Å²) in [4.78, 5) is 27.8. The first-order valence-corrected chi connectivity index (χ1v) is 11.0. The summed E-state index contributed by atoms with van der Waals surface area (Å²) in [5.74, 6) is 0.00446. The summed E-state index contributed by atoms with van der Waals surface area (Å²) in [5, 5.41) is 14.0. The zero-order valence-electron chi connectivity index (χ0n) is 18.0. The second kappa shape index (κ2) is 6.79. The third kappa shape index (κ3) is 2.53. The van der Waals surface area contributed by atoms with Crippen molar-refractivity contribution in [2.45, 2.75) is 45.3 Å². The molecule has 1 spiro atoms. The third-order valence-electron chi connectivity index (χ3n) is 8.15. The van der Waals surface area contributed by atoms with Gasteiger partial charge in [0.05, 0.1) is 17.1 Å². The number of anilines is 1. The second-order valence-electron chi connectivity index (χ2n) is 9.62. The van der Waals surface area contributed by atoms with Crippen LogP contribution in [0, 0.1) is 16.7 Å². The van der Waals surface area contributed by atoms with Crippen LogP contribution in [0.5, 0.6) is 0 Å². The summed E-state index contributed by atoms with van der Waals surface area (Å²) in [6.45, 7) is 8.31. The molecule has 2 aromatic rings. The highest BCUT2D eigenvalue weighted by molar-refractivity contribution is 6.08. The number of fused-ring (bicyclic) bond motifs is 1. The van der Waals surface area contributed by atoms with E-state index >= 15 is 0 Å². The van der Waals surface area contributed by atoms with E-state index in [1.165, 1.54) is 0 Å². The molecule has 3 fully saturated rings. The van der Waals surface area contributed by atoms with E-state index in [9.17, 15) is 14.7 Å². The van der Waals surface area contributed by atoms with E-state index in [0.717, 1.165) is 19.3 Å². The zero-order valence-corrected chi connectivity index (χ0v) is 18.0. The Morgan fingerprint density at radius 3 is 2.32 bits per heavy atom. The predicted molar refractivity (Wildman–Crippen MR) is 119 cm³/mol. The summed E-state index contributed by atoms with van der Waals surface area (Å²) in [7, 11) is 0. The molecule has 4 atom stereocenters. The van der Waals surface area contributed by atoms with Crippen molar-refractivity contribution >= 4 is 17.5 Å². The molecule has 160 valence electrons. The summed E-state index contributed by atoms with van der Waals surface area (Å²) >= 11 is 0. The zero-order chi connectivity index (χ0) is 22.0. The number of carbonyl (C=O) groups excluding carboxylic acids is 2. The smallest absolute Gasteiger partial charge is 0.271 e. The number of amides is 2. The van der Waals surface area contributed by atoms with Crippen LogP contribution in [0.15, 0.2) is 72.8 Å². The number of carbonyl (C=O) groups is 2. The number of hydrogen-bond acceptors (Lipinski definition) is 3. The van der Waals surface area contributed by atoms with E-state index < -0.39 is 17.4 Å². The average molecular weight is 417 g/mol. The lowest BCUT2D eigenvalue weighted by Crippen LogP contribution is -2.48. The van der Waals surface area contributed by atoms with Crippen LogP contribution in [0.1, 0.15) is 44.8 Å². The highest BCUT2D eigenvalue weighted by Crippen LogP contribution is 2.70. The highest BCUT2D eigenvalue weighted by atomic mass is 16.3. The van der Waals surface area contributed by atoms with Crippen molar-refractivity contribution in [3.8, 4) is 0 Å². The van der Waals surface area contributed by atoms with Gasteiger partial charge in [0.1, 0.15) is 6.10 Å². The maximum atomic E-state index is 14.0. The van der Waals surface area contributed by atoms with Gasteiger partial charge in [-0.3, -0.25) is 9.59 Å². The lowest BCUT2D eigenvalue weighted by atomic mass is 9.67. The molecule has 5 rings (SSSR count). The van der Waals surface area contributed by atoms with Gasteiger partial charge in [0.15, 0.2) is 0 Å². The van der Waals surface area contributed by atoms with Crippen LogP contribution in [0.3, 0.4) is 0 Å². The average Bonchev–Trinajstić information content (AvgIpc) is 3.31. The number of aliphatic hydroxyl groups is 1. The standard InChI is InChI=1S/C26H28N2O3/c1-17(22(29)18-10-6-4-7-11-18)23(30)28-21-16-19-14-15-26(21,25(19,2)3)24(31)27(28)20-12-8-5-9-13-20/h4-13,19,21-22,29H,1,14-16H2,2-3H3/t19?,21?,22-,26?/m0/s1. The number of hydrogen-bond donors (Lipinski definition) is 1. The fourth-order valence-electron chi connectivity index (χ4n) is 6.33. The summed E-state index contributed by atoms with van der Waals surface area (Å²) < 4.78 is 0. The molecule has 0 radical (unpaired) electrons. The minimum atomic E-state index is -1.12. The molecule has 3 unspecified atom stereocenters. The number of nitrogens with zero attached hydrogens (tertiary/aromatic N) is 2. The summed E-state index contributed by atoms with van der Waals surface area (Å²) in [6, 6.07) is 18.2. The Hall–Kier alpha value is -2.92. The van der Waals surface area contributed by atoms with Gasteiger partial charge in [-0.2, -0.15) is 0 Å². The van der Waals surface area contributed by atoms with Crippen LogP contribution in [0.4, 0.5) is 5.69 Å². The van der Waals surface area contributed by atoms with Crippen molar-refractivity contribution < 1.29 is 14.7 Å². The monoisotopic (exact) mass is 416 g/mol. The van der Waals surface area contributed by atoms with Crippen LogP contribution >= 0.6 is 0 Å². The molecule has 5 heteroatoms. The Morgan fingerprint density at radius 2 is 1.71 bits per heavy atom. The molecule has 1 heterocycles. The minimum absolute atomic E-state index is 0.0101. The van der Waals surface area contributed by atoms with Gasteiger partial charge in [-0.15, -0.1) is 0 Å². The molecule has 31 heavy (non-hydrogen) atoms.